The van der Waals surface area contributed by atoms with E-state index in [0.717, 1.165) is 6.33 Å². The van der Waals surface area contributed by atoms with E-state index in [0.29, 0.717) is 4.79 Å². The van der Waals surface area contributed by atoms with Gasteiger partial charge >= 0.3 is 5.97 Å². The molecule has 11 nitrogen and oxygen atoms in total. The lowest BCUT2D eigenvalue weighted by molar-refractivity contribution is -0.553. The average Bonchev–Trinajstić information content (AvgIpc) is 2.71. The first-order chi connectivity index (χ1) is 7.49. The average molecular weight is 234 g/mol. The van der Waals surface area contributed by atoms with Crippen LogP contribution in [0.25, 0.3) is 0 Å². The Morgan fingerprint density at radius 1 is 1.69 bits per heavy atom. The van der Waals surface area contributed by atoms with Crippen LogP contribution in [0.4, 0.5) is 0 Å². The van der Waals surface area contributed by atoms with Crippen molar-refractivity contribution in [2.45, 2.75) is 12.5 Å². The normalized spacial score (nSPS) is 11.1. The monoisotopic (exact) mass is 234 g/mol. The molecule has 0 saturated heterocycles. The summed E-state index contributed by atoms with van der Waals surface area (Å²) in [6.07, 6.45) is 1.02. The van der Waals surface area contributed by atoms with Gasteiger partial charge in [0.05, 0.1) is 9.82 Å². The number of aliphatic carboxylic acids is 1. The third kappa shape index (κ3) is 5.56. The van der Waals surface area contributed by atoms with E-state index in [1.807, 2.05) is 0 Å². The first-order valence-electron chi connectivity index (χ1n) is 3.96. The molecule has 1 aromatic rings. The predicted octanol–water partition coefficient (Wildman–Crippen LogP) is -2.51. The zero-order valence-corrected chi connectivity index (χ0v) is 8.00. The topological polar surface area (TPSA) is 170 Å². The van der Waals surface area contributed by atoms with Crippen LogP contribution in [0.5, 0.6) is 0 Å². The number of hydrogen-bond donors (Lipinski definition) is 3. The molecule has 11 heteroatoms. The first kappa shape index (κ1) is 13.9. The highest BCUT2D eigenvalue weighted by Gasteiger charge is 2.08. The molecule has 1 rings (SSSR count). The molecule has 1 atom stereocenters. The van der Waals surface area contributed by atoms with Crippen molar-refractivity contribution >= 4 is 5.97 Å². The van der Waals surface area contributed by atoms with Gasteiger partial charge in [-0.05, 0) is 6.42 Å². The van der Waals surface area contributed by atoms with Gasteiger partial charge in [0.25, 0.3) is 0 Å². The number of carboxylic acid groups (broad SMARTS) is 1. The fourth-order valence-corrected chi connectivity index (χ4v) is 0.494. The number of tetrazole rings is 1. The second-order valence-corrected chi connectivity index (χ2v) is 2.43. The minimum atomic E-state index is -1.07. The molecule has 0 aromatic carbocycles. The fraction of sp³-hybridized carbons (Fsp3) is 0.600. The Morgan fingerprint density at radius 3 is 2.50 bits per heavy atom. The summed E-state index contributed by atoms with van der Waals surface area (Å²) in [7, 11) is 0. The Kier molecular flexibility index (Phi) is 6.23. The van der Waals surface area contributed by atoms with Gasteiger partial charge in [0.15, 0.2) is 0 Å². The molecule has 0 fully saturated rings. The van der Waals surface area contributed by atoms with Crippen LogP contribution in [-0.4, -0.2) is 54.2 Å². The third-order valence-electron chi connectivity index (χ3n) is 1.26. The van der Waals surface area contributed by atoms with Crippen LogP contribution in [0.3, 0.4) is 0 Å². The van der Waals surface area contributed by atoms with Crippen molar-refractivity contribution in [2.24, 2.45) is 5.73 Å². The van der Waals surface area contributed by atoms with Crippen molar-refractivity contribution in [3.63, 3.8) is 0 Å². The number of aliphatic hydroxyl groups is 1. The van der Waals surface area contributed by atoms with E-state index in [2.05, 4.69) is 15.5 Å². The minimum absolute atomic E-state index is 0.120. The highest BCUT2D eigenvalue weighted by atomic mass is 16.7. The Labute approximate surface area is 88.6 Å². The number of nitrogens with two attached hydrogens (primary N) is 1. The van der Waals surface area contributed by atoms with Gasteiger partial charge in [-0.2, -0.15) is 0 Å². The second kappa shape index (κ2) is 7.19. The van der Waals surface area contributed by atoms with Crippen LogP contribution in [0.2, 0.25) is 0 Å². The van der Waals surface area contributed by atoms with Crippen molar-refractivity contribution in [3.8, 4) is 0 Å². The minimum Gasteiger partial charge on any atom is -0.480 e. The summed E-state index contributed by atoms with van der Waals surface area (Å²) in [5.41, 5.74) is 4.97. The summed E-state index contributed by atoms with van der Waals surface area (Å²) in [5, 5.41) is 34.2. The van der Waals surface area contributed by atoms with Crippen molar-refractivity contribution in [1.29, 1.82) is 0 Å². The zero-order valence-electron chi connectivity index (χ0n) is 8.00. The number of nitro groups is 1. The van der Waals surface area contributed by atoms with Crippen LogP contribution in [0, 0.1) is 10.1 Å². The van der Waals surface area contributed by atoms with Crippen LogP contribution >= 0.6 is 0 Å². The van der Waals surface area contributed by atoms with Gasteiger partial charge in [0.2, 0.25) is 11.5 Å². The summed E-state index contributed by atoms with van der Waals surface area (Å²) in [5.74, 6) is -1.07. The molecule has 0 aliphatic rings. The molecule has 0 amide bonds. The molecule has 1 unspecified atom stereocenters. The van der Waals surface area contributed by atoms with E-state index in [1.165, 1.54) is 0 Å². The summed E-state index contributed by atoms with van der Waals surface area (Å²) >= 11 is 0. The van der Waals surface area contributed by atoms with Gasteiger partial charge in [-0.3, -0.25) is 4.79 Å². The van der Waals surface area contributed by atoms with Crippen LogP contribution in [0.15, 0.2) is 6.33 Å². The largest absolute Gasteiger partial charge is 0.480 e. The molecule has 0 spiro atoms. The van der Waals surface area contributed by atoms with E-state index >= 15 is 0 Å². The Balaban J connectivity index is 0.000000281. The summed E-state index contributed by atoms with van der Waals surface area (Å²) in [4.78, 5) is 20.0. The van der Waals surface area contributed by atoms with Crippen LogP contribution in [-0.2, 0) is 4.79 Å². The van der Waals surface area contributed by atoms with Crippen molar-refractivity contribution in [3.05, 3.63) is 16.4 Å². The van der Waals surface area contributed by atoms with E-state index < -0.39 is 17.0 Å². The number of aliphatic hydroxyl groups excluding tert-OH is 1. The predicted molar refractivity (Wildman–Crippen MR) is 47.5 cm³/mol. The lowest BCUT2D eigenvalue weighted by Gasteiger charge is -2.00. The van der Waals surface area contributed by atoms with E-state index in [9.17, 15) is 14.9 Å². The number of rotatable bonds is 4. The van der Waals surface area contributed by atoms with Gasteiger partial charge in [-0.1, -0.05) is 5.10 Å². The molecular weight excluding hydrogens is 224 g/mol. The molecule has 0 radical (unpaired) electrons. The highest BCUT2D eigenvalue weighted by Crippen LogP contribution is 1.83. The molecule has 0 bridgehead atoms. The molecule has 90 valence electrons. The van der Waals surface area contributed by atoms with Gasteiger partial charge in [0, 0.05) is 6.61 Å². The SMILES string of the molecule is NC(CCO)C(=O)O.O=[N+]([O-])n1cnnn1. The molecular formula is C5H10N6O5. The van der Waals surface area contributed by atoms with Gasteiger partial charge in [-0.15, -0.1) is 0 Å². The van der Waals surface area contributed by atoms with Crippen LogP contribution < -0.4 is 5.73 Å². The van der Waals surface area contributed by atoms with Gasteiger partial charge < -0.3 is 26.1 Å². The van der Waals surface area contributed by atoms with Crippen molar-refractivity contribution in [2.75, 3.05) is 6.61 Å². The molecule has 1 heterocycles. The lowest BCUT2D eigenvalue weighted by Crippen LogP contribution is -2.30. The van der Waals surface area contributed by atoms with Crippen LogP contribution in [0.1, 0.15) is 6.42 Å². The quantitative estimate of drug-likeness (QED) is 0.376. The molecule has 1 aromatic heterocycles. The summed E-state index contributed by atoms with van der Waals surface area (Å²) in [6, 6.07) is -0.917. The number of nitrogens with zero attached hydrogens (tertiary/aromatic N) is 5. The highest BCUT2D eigenvalue weighted by molar-refractivity contribution is 5.72. The maximum atomic E-state index is 9.85. The maximum absolute atomic E-state index is 9.85. The van der Waals surface area contributed by atoms with E-state index in [-0.39, 0.29) is 13.0 Å². The number of carbonyl (C=O) groups is 1. The Hall–Kier alpha value is -2.14. The van der Waals surface area contributed by atoms with Crippen molar-refractivity contribution in [1.82, 2.24) is 20.3 Å². The maximum Gasteiger partial charge on any atom is 0.320 e. The molecule has 0 aliphatic heterocycles. The molecule has 0 saturated carbocycles. The number of aromatic nitrogens is 4. The Bertz CT molecular complexity index is 326. The smallest absolute Gasteiger partial charge is 0.320 e. The first-order valence-corrected chi connectivity index (χ1v) is 3.96. The number of hydrogen-bond acceptors (Lipinski definition) is 8. The Morgan fingerprint density at radius 2 is 2.31 bits per heavy atom. The van der Waals surface area contributed by atoms with Gasteiger partial charge in [-0.25, -0.2) is 0 Å². The number of carboxylic acids is 1. The third-order valence-corrected chi connectivity index (χ3v) is 1.26. The lowest BCUT2D eigenvalue weighted by atomic mass is 10.2. The summed E-state index contributed by atoms with van der Waals surface area (Å²) in [6.45, 7) is -0.173. The standard InChI is InChI=1S/C4H9NO3.CHN5O2/c5-3(1-2-6)4(7)8;7-6(8)5-1-2-3-4-5/h3,6H,1-2,5H2,(H,7,8);1H. The molecule has 0 aliphatic carbocycles. The second-order valence-electron chi connectivity index (χ2n) is 2.43. The van der Waals surface area contributed by atoms with E-state index in [4.69, 9.17) is 15.9 Å². The summed E-state index contributed by atoms with van der Waals surface area (Å²) < 4.78 is 0. The van der Waals surface area contributed by atoms with E-state index in [1.54, 1.807) is 0 Å². The molecule has 16 heavy (non-hydrogen) atoms. The fourth-order valence-electron chi connectivity index (χ4n) is 0.494. The van der Waals surface area contributed by atoms with Gasteiger partial charge in [0.1, 0.15) is 11.3 Å². The molecule has 4 N–H and O–H groups in total. The zero-order chi connectivity index (χ0) is 12.6. The van der Waals surface area contributed by atoms with Crippen molar-refractivity contribution < 1.29 is 20.0 Å².